The number of carbonyl (C=O) groups excluding carboxylic acids is 1. The second-order valence-electron chi connectivity index (χ2n) is 6.80. The molecule has 6 heteroatoms. The molecule has 0 aromatic heterocycles. The van der Waals surface area contributed by atoms with Crippen LogP contribution >= 0.6 is 0 Å². The first-order valence-electron chi connectivity index (χ1n) is 7.81. The van der Waals surface area contributed by atoms with Crippen LogP contribution in [0.4, 0.5) is 13.6 Å². The van der Waals surface area contributed by atoms with Crippen LogP contribution in [-0.2, 0) is 4.74 Å². The van der Waals surface area contributed by atoms with E-state index in [1.54, 1.807) is 4.90 Å². The lowest BCUT2D eigenvalue weighted by Gasteiger charge is -2.34. The summed E-state index contributed by atoms with van der Waals surface area (Å²) in [6, 6.07) is 3.85. The Labute approximate surface area is 135 Å². The van der Waals surface area contributed by atoms with E-state index in [1.165, 1.54) is 12.1 Å². The van der Waals surface area contributed by atoms with Gasteiger partial charge in [-0.15, -0.1) is 0 Å². The van der Waals surface area contributed by atoms with E-state index in [9.17, 15) is 13.6 Å². The normalized spacial score (nSPS) is 18.7. The fourth-order valence-electron chi connectivity index (χ4n) is 2.50. The van der Waals surface area contributed by atoms with Gasteiger partial charge in [0.25, 0.3) is 0 Å². The SMILES string of the molecule is CC(C)(C)OC(=O)N1CCC[C@@H](COc2cccc(F)c2F)C1. The fraction of sp³-hybridized carbons (Fsp3) is 0.588. The summed E-state index contributed by atoms with van der Waals surface area (Å²) in [6.45, 7) is 6.83. The van der Waals surface area contributed by atoms with Gasteiger partial charge in [0.1, 0.15) is 5.60 Å². The predicted molar refractivity (Wildman–Crippen MR) is 82.4 cm³/mol. The lowest BCUT2D eigenvalue weighted by atomic mass is 9.99. The summed E-state index contributed by atoms with van der Waals surface area (Å²) in [5.74, 6) is -1.94. The van der Waals surface area contributed by atoms with Crippen LogP contribution < -0.4 is 4.74 Å². The third-order valence-corrected chi connectivity index (χ3v) is 3.56. The molecule has 0 spiro atoms. The van der Waals surface area contributed by atoms with E-state index in [0.29, 0.717) is 13.1 Å². The summed E-state index contributed by atoms with van der Waals surface area (Å²) < 4.78 is 37.5. The highest BCUT2D eigenvalue weighted by molar-refractivity contribution is 5.68. The van der Waals surface area contributed by atoms with E-state index >= 15 is 0 Å². The molecule has 1 saturated heterocycles. The molecule has 1 aliphatic rings. The molecule has 1 aromatic rings. The van der Waals surface area contributed by atoms with E-state index in [2.05, 4.69) is 0 Å². The third kappa shape index (κ3) is 5.08. The molecule has 1 aromatic carbocycles. The standard InChI is InChI=1S/C17H23F2NO3/c1-17(2,3)23-16(21)20-9-5-6-12(10-20)11-22-14-8-4-7-13(18)15(14)19/h4,7-8,12H,5-6,9-11H2,1-3H3/t12-/m1/s1. The highest BCUT2D eigenvalue weighted by Crippen LogP contribution is 2.23. The summed E-state index contributed by atoms with van der Waals surface area (Å²) >= 11 is 0. The van der Waals surface area contributed by atoms with Crippen molar-refractivity contribution in [2.75, 3.05) is 19.7 Å². The van der Waals surface area contributed by atoms with Crippen molar-refractivity contribution >= 4 is 6.09 Å². The molecule has 4 nitrogen and oxygen atoms in total. The van der Waals surface area contributed by atoms with E-state index < -0.39 is 17.2 Å². The van der Waals surface area contributed by atoms with Crippen LogP contribution in [0.25, 0.3) is 0 Å². The zero-order chi connectivity index (χ0) is 17.0. The summed E-state index contributed by atoms with van der Waals surface area (Å²) in [5, 5.41) is 0. The Morgan fingerprint density at radius 1 is 1.35 bits per heavy atom. The topological polar surface area (TPSA) is 38.8 Å². The minimum atomic E-state index is -0.979. The molecular formula is C17H23F2NO3. The van der Waals surface area contributed by atoms with Gasteiger partial charge in [-0.25, -0.2) is 9.18 Å². The van der Waals surface area contributed by atoms with Crippen molar-refractivity contribution < 1.29 is 23.0 Å². The van der Waals surface area contributed by atoms with Gasteiger partial charge >= 0.3 is 6.09 Å². The molecule has 1 amide bonds. The Morgan fingerprint density at radius 2 is 2.09 bits per heavy atom. The maximum absolute atomic E-state index is 13.6. The Kier molecular flexibility index (Phi) is 5.44. The molecular weight excluding hydrogens is 304 g/mol. The van der Waals surface area contributed by atoms with Gasteiger partial charge in [0.15, 0.2) is 11.6 Å². The Hall–Kier alpha value is -1.85. The van der Waals surface area contributed by atoms with Gasteiger partial charge in [-0.1, -0.05) is 6.07 Å². The zero-order valence-electron chi connectivity index (χ0n) is 13.8. The summed E-state index contributed by atoms with van der Waals surface area (Å²) in [7, 11) is 0. The number of halogens is 2. The molecule has 0 saturated carbocycles. The molecule has 0 aliphatic carbocycles. The molecule has 2 rings (SSSR count). The van der Waals surface area contributed by atoms with Crippen LogP contribution in [0.2, 0.25) is 0 Å². The van der Waals surface area contributed by atoms with E-state index in [4.69, 9.17) is 9.47 Å². The molecule has 1 aliphatic heterocycles. The molecule has 1 heterocycles. The molecule has 128 valence electrons. The number of piperidine rings is 1. The first-order chi connectivity index (χ1) is 10.8. The number of benzene rings is 1. The number of rotatable bonds is 3. The van der Waals surface area contributed by atoms with Crippen molar-refractivity contribution in [3.8, 4) is 5.75 Å². The van der Waals surface area contributed by atoms with Crippen LogP contribution in [0, 0.1) is 17.6 Å². The van der Waals surface area contributed by atoms with Gasteiger partial charge in [-0.05, 0) is 45.7 Å². The third-order valence-electron chi connectivity index (χ3n) is 3.56. The second-order valence-corrected chi connectivity index (χ2v) is 6.80. The van der Waals surface area contributed by atoms with Crippen LogP contribution in [-0.4, -0.2) is 36.3 Å². The summed E-state index contributed by atoms with van der Waals surface area (Å²) in [4.78, 5) is 13.7. The first-order valence-corrected chi connectivity index (χ1v) is 7.81. The van der Waals surface area contributed by atoms with E-state index in [1.807, 2.05) is 20.8 Å². The Morgan fingerprint density at radius 3 is 2.78 bits per heavy atom. The largest absolute Gasteiger partial charge is 0.490 e. The number of ether oxygens (including phenoxy) is 2. The van der Waals surface area contributed by atoms with Crippen molar-refractivity contribution in [3.05, 3.63) is 29.8 Å². The van der Waals surface area contributed by atoms with Crippen LogP contribution in [0.3, 0.4) is 0 Å². The lowest BCUT2D eigenvalue weighted by Crippen LogP contribution is -2.44. The number of likely N-dealkylation sites (tertiary alicyclic amines) is 1. The number of hydrogen-bond acceptors (Lipinski definition) is 3. The maximum atomic E-state index is 13.6. The molecule has 23 heavy (non-hydrogen) atoms. The maximum Gasteiger partial charge on any atom is 0.410 e. The lowest BCUT2D eigenvalue weighted by molar-refractivity contribution is 0.0138. The zero-order valence-corrected chi connectivity index (χ0v) is 13.8. The number of amides is 1. The molecule has 1 atom stereocenters. The number of carbonyl (C=O) groups is 1. The van der Waals surface area contributed by atoms with Gasteiger partial charge in [-0.3, -0.25) is 0 Å². The molecule has 1 fully saturated rings. The average Bonchev–Trinajstić information content (AvgIpc) is 2.47. The smallest absolute Gasteiger partial charge is 0.410 e. The quantitative estimate of drug-likeness (QED) is 0.842. The van der Waals surface area contributed by atoms with Crippen LogP contribution in [0.5, 0.6) is 5.75 Å². The summed E-state index contributed by atoms with van der Waals surface area (Å²) in [5.41, 5.74) is -0.536. The van der Waals surface area contributed by atoms with Gasteiger partial charge in [0, 0.05) is 19.0 Å². The summed E-state index contributed by atoms with van der Waals surface area (Å²) in [6.07, 6.45) is 1.36. The van der Waals surface area contributed by atoms with Crippen molar-refractivity contribution in [1.29, 1.82) is 0 Å². The molecule has 0 radical (unpaired) electrons. The second kappa shape index (κ2) is 7.15. The van der Waals surface area contributed by atoms with Crippen molar-refractivity contribution in [2.45, 2.75) is 39.2 Å². The molecule has 0 bridgehead atoms. The first kappa shape index (κ1) is 17.5. The highest BCUT2D eigenvalue weighted by atomic mass is 19.2. The van der Waals surface area contributed by atoms with Crippen molar-refractivity contribution in [3.63, 3.8) is 0 Å². The fourth-order valence-corrected chi connectivity index (χ4v) is 2.50. The van der Waals surface area contributed by atoms with Gasteiger partial charge < -0.3 is 14.4 Å². The average molecular weight is 327 g/mol. The Bertz CT molecular complexity index is 557. The molecule has 0 N–H and O–H groups in total. The minimum absolute atomic E-state index is 0.0685. The predicted octanol–water partition coefficient (Wildman–Crippen LogP) is 3.99. The van der Waals surface area contributed by atoms with E-state index in [0.717, 1.165) is 18.9 Å². The van der Waals surface area contributed by atoms with Gasteiger partial charge in [0.05, 0.1) is 6.61 Å². The monoisotopic (exact) mass is 327 g/mol. The minimum Gasteiger partial charge on any atom is -0.490 e. The van der Waals surface area contributed by atoms with E-state index in [-0.39, 0.29) is 24.4 Å². The van der Waals surface area contributed by atoms with Crippen LogP contribution in [0.15, 0.2) is 18.2 Å². The molecule has 0 unspecified atom stereocenters. The number of hydrogen-bond donors (Lipinski definition) is 0. The van der Waals surface area contributed by atoms with Crippen molar-refractivity contribution in [1.82, 2.24) is 4.90 Å². The highest BCUT2D eigenvalue weighted by Gasteiger charge is 2.28. The van der Waals surface area contributed by atoms with Crippen molar-refractivity contribution in [2.24, 2.45) is 5.92 Å². The Balaban J connectivity index is 1.89. The van der Waals surface area contributed by atoms with Gasteiger partial charge in [-0.2, -0.15) is 4.39 Å². The van der Waals surface area contributed by atoms with Crippen LogP contribution in [0.1, 0.15) is 33.6 Å². The number of nitrogens with zero attached hydrogens (tertiary/aromatic N) is 1. The van der Waals surface area contributed by atoms with Gasteiger partial charge in [0.2, 0.25) is 5.82 Å².